The fourth-order valence-electron chi connectivity index (χ4n) is 3.34. The van der Waals surface area contributed by atoms with Crippen molar-refractivity contribution in [1.29, 1.82) is 0 Å². The van der Waals surface area contributed by atoms with Crippen molar-refractivity contribution < 1.29 is 9.18 Å². The molecule has 3 rings (SSSR count). The van der Waals surface area contributed by atoms with Crippen LogP contribution in [0.1, 0.15) is 55.3 Å². The first kappa shape index (κ1) is 19.1. The van der Waals surface area contributed by atoms with Gasteiger partial charge in [0.05, 0.1) is 5.69 Å². The summed E-state index contributed by atoms with van der Waals surface area (Å²) in [5.74, 6) is -0.586. The number of amides is 1. The summed E-state index contributed by atoms with van der Waals surface area (Å²) in [7, 11) is 0. The number of carbonyl (C=O) groups is 1. The summed E-state index contributed by atoms with van der Waals surface area (Å²) in [6.07, 6.45) is 7.19. The largest absolute Gasteiger partial charge is 0.356 e. The zero-order chi connectivity index (χ0) is 19.2. The van der Waals surface area contributed by atoms with Crippen LogP contribution in [-0.2, 0) is 4.79 Å². The SMILES string of the molecule is CCCCCNC(=O)CC(c1cccc(F)c1)c1cnc2cc(C)ccn12. The average molecular weight is 367 g/mol. The minimum absolute atomic E-state index is 0.0255. The van der Waals surface area contributed by atoms with Gasteiger partial charge < -0.3 is 9.72 Å². The molecule has 0 bridgehead atoms. The summed E-state index contributed by atoms with van der Waals surface area (Å²) in [6, 6.07) is 10.5. The Balaban J connectivity index is 1.89. The number of aryl methyl sites for hydroxylation is 1. The van der Waals surface area contributed by atoms with E-state index < -0.39 is 0 Å². The topological polar surface area (TPSA) is 46.4 Å². The van der Waals surface area contributed by atoms with Crippen molar-refractivity contribution >= 4 is 11.6 Å². The van der Waals surface area contributed by atoms with E-state index in [1.54, 1.807) is 12.3 Å². The monoisotopic (exact) mass is 367 g/mol. The highest BCUT2D eigenvalue weighted by Crippen LogP contribution is 2.29. The fraction of sp³-hybridized carbons (Fsp3) is 0.364. The molecule has 2 aromatic heterocycles. The van der Waals surface area contributed by atoms with Gasteiger partial charge in [0, 0.05) is 31.3 Å². The summed E-state index contributed by atoms with van der Waals surface area (Å²) in [4.78, 5) is 17.0. The first-order valence-corrected chi connectivity index (χ1v) is 9.54. The third kappa shape index (κ3) is 4.73. The number of pyridine rings is 1. The minimum Gasteiger partial charge on any atom is -0.356 e. The Labute approximate surface area is 159 Å². The molecule has 0 aliphatic rings. The summed E-state index contributed by atoms with van der Waals surface area (Å²) >= 11 is 0. The van der Waals surface area contributed by atoms with Crippen molar-refractivity contribution in [3.8, 4) is 0 Å². The summed E-state index contributed by atoms with van der Waals surface area (Å²) < 4.78 is 15.8. The first-order valence-electron chi connectivity index (χ1n) is 9.54. The van der Waals surface area contributed by atoms with E-state index in [2.05, 4.69) is 17.2 Å². The molecule has 2 heterocycles. The molecule has 5 heteroatoms. The maximum atomic E-state index is 13.8. The zero-order valence-electron chi connectivity index (χ0n) is 15.9. The molecule has 4 nitrogen and oxygen atoms in total. The Kier molecular flexibility index (Phi) is 6.22. The van der Waals surface area contributed by atoms with Crippen LogP contribution in [0, 0.1) is 12.7 Å². The Morgan fingerprint density at radius 2 is 2.11 bits per heavy atom. The first-order chi connectivity index (χ1) is 13.1. The van der Waals surface area contributed by atoms with Crippen molar-refractivity contribution in [2.75, 3.05) is 6.54 Å². The van der Waals surface area contributed by atoms with Crippen LogP contribution in [0.5, 0.6) is 0 Å². The number of nitrogens with zero attached hydrogens (tertiary/aromatic N) is 2. The van der Waals surface area contributed by atoms with Gasteiger partial charge in [-0.15, -0.1) is 0 Å². The Hall–Kier alpha value is -2.69. The molecule has 0 aliphatic heterocycles. The number of halogens is 1. The molecule has 0 fully saturated rings. The predicted molar refractivity (Wildman–Crippen MR) is 105 cm³/mol. The second-order valence-electron chi connectivity index (χ2n) is 6.98. The lowest BCUT2D eigenvalue weighted by molar-refractivity contribution is -0.121. The van der Waals surface area contributed by atoms with Gasteiger partial charge in [-0.05, 0) is 48.7 Å². The number of fused-ring (bicyclic) bond motifs is 1. The lowest BCUT2D eigenvalue weighted by Crippen LogP contribution is -2.26. The van der Waals surface area contributed by atoms with Crippen LogP contribution in [0.3, 0.4) is 0 Å². The molecule has 1 aromatic carbocycles. The number of rotatable bonds is 8. The number of hydrogen-bond acceptors (Lipinski definition) is 2. The number of hydrogen-bond donors (Lipinski definition) is 1. The van der Waals surface area contributed by atoms with E-state index >= 15 is 0 Å². The number of carbonyl (C=O) groups excluding carboxylic acids is 1. The van der Waals surface area contributed by atoms with Crippen molar-refractivity contribution in [2.24, 2.45) is 0 Å². The van der Waals surface area contributed by atoms with Crippen LogP contribution in [0.4, 0.5) is 4.39 Å². The second-order valence-corrected chi connectivity index (χ2v) is 6.98. The van der Waals surface area contributed by atoms with Crippen LogP contribution in [0.25, 0.3) is 5.65 Å². The standard InChI is InChI=1S/C22H26FN3O/c1-3-4-5-10-24-22(27)14-19(17-7-6-8-18(23)13-17)20-15-25-21-12-16(2)9-11-26(20)21/h6-9,11-13,15,19H,3-5,10,14H2,1-2H3,(H,24,27). The molecule has 0 aliphatic carbocycles. The lowest BCUT2D eigenvalue weighted by atomic mass is 9.92. The summed E-state index contributed by atoms with van der Waals surface area (Å²) in [5.41, 5.74) is 3.62. The Morgan fingerprint density at radius 3 is 2.89 bits per heavy atom. The normalized spacial score (nSPS) is 12.3. The Morgan fingerprint density at radius 1 is 1.26 bits per heavy atom. The number of nitrogens with one attached hydrogen (secondary N) is 1. The molecular formula is C22H26FN3O. The highest BCUT2D eigenvalue weighted by molar-refractivity contribution is 5.77. The van der Waals surface area contributed by atoms with E-state index in [9.17, 15) is 9.18 Å². The fourth-order valence-corrected chi connectivity index (χ4v) is 3.34. The van der Waals surface area contributed by atoms with Gasteiger partial charge in [-0.1, -0.05) is 31.9 Å². The van der Waals surface area contributed by atoms with Gasteiger partial charge in [-0.3, -0.25) is 4.79 Å². The third-order valence-electron chi connectivity index (χ3n) is 4.80. The molecule has 142 valence electrons. The number of aromatic nitrogens is 2. The quantitative estimate of drug-likeness (QED) is 0.591. The lowest BCUT2D eigenvalue weighted by Gasteiger charge is -2.17. The van der Waals surface area contributed by atoms with Crippen LogP contribution < -0.4 is 5.32 Å². The van der Waals surface area contributed by atoms with Crippen LogP contribution >= 0.6 is 0 Å². The van der Waals surface area contributed by atoms with E-state index in [0.29, 0.717) is 6.54 Å². The molecule has 0 saturated heterocycles. The van der Waals surface area contributed by atoms with Gasteiger partial charge in [0.25, 0.3) is 0 Å². The van der Waals surface area contributed by atoms with E-state index in [1.807, 2.05) is 35.7 Å². The molecule has 1 atom stereocenters. The average Bonchev–Trinajstić information content (AvgIpc) is 3.06. The maximum absolute atomic E-state index is 13.8. The van der Waals surface area contributed by atoms with E-state index in [4.69, 9.17) is 0 Å². The molecule has 0 saturated carbocycles. The molecule has 27 heavy (non-hydrogen) atoms. The number of benzene rings is 1. The summed E-state index contributed by atoms with van der Waals surface area (Å²) in [5, 5.41) is 2.99. The molecule has 1 unspecified atom stereocenters. The number of imidazole rings is 1. The van der Waals surface area contributed by atoms with Gasteiger partial charge in [0.1, 0.15) is 11.5 Å². The molecule has 1 amide bonds. The van der Waals surface area contributed by atoms with Gasteiger partial charge in [-0.2, -0.15) is 0 Å². The number of unbranched alkanes of at least 4 members (excludes halogenated alkanes) is 2. The van der Waals surface area contributed by atoms with Crippen molar-refractivity contribution in [2.45, 2.75) is 45.4 Å². The zero-order valence-corrected chi connectivity index (χ0v) is 15.9. The van der Waals surface area contributed by atoms with Crippen LogP contribution in [0.15, 0.2) is 48.8 Å². The molecule has 0 spiro atoms. The van der Waals surface area contributed by atoms with Crippen LogP contribution in [0.2, 0.25) is 0 Å². The van der Waals surface area contributed by atoms with Crippen molar-refractivity contribution in [3.05, 3.63) is 71.4 Å². The van der Waals surface area contributed by atoms with Gasteiger partial charge in [-0.25, -0.2) is 9.37 Å². The predicted octanol–water partition coefficient (Wildman–Crippen LogP) is 4.61. The highest BCUT2D eigenvalue weighted by Gasteiger charge is 2.22. The van der Waals surface area contributed by atoms with E-state index in [1.165, 1.54) is 12.1 Å². The molecule has 0 radical (unpaired) electrons. The van der Waals surface area contributed by atoms with Gasteiger partial charge in [0.2, 0.25) is 5.91 Å². The van der Waals surface area contributed by atoms with Crippen LogP contribution in [-0.4, -0.2) is 21.8 Å². The minimum atomic E-state index is -0.300. The van der Waals surface area contributed by atoms with E-state index in [-0.39, 0.29) is 24.1 Å². The molecule has 3 aromatic rings. The van der Waals surface area contributed by atoms with Crippen molar-refractivity contribution in [1.82, 2.24) is 14.7 Å². The third-order valence-corrected chi connectivity index (χ3v) is 4.80. The highest BCUT2D eigenvalue weighted by atomic mass is 19.1. The van der Waals surface area contributed by atoms with Gasteiger partial charge >= 0.3 is 0 Å². The van der Waals surface area contributed by atoms with Gasteiger partial charge in [0.15, 0.2) is 0 Å². The Bertz CT molecular complexity index is 919. The molecular weight excluding hydrogens is 341 g/mol. The maximum Gasteiger partial charge on any atom is 0.221 e. The van der Waals surface area contributed by atoms with Crippen molar-refractivity contribution in [3.63, 3.8) is 0 Å². The second kappa shape index (κ2) is 8.80. The summed E-state index contributed by atoms with van der Waals surface area (Å²) in [6.45, 7) is 4.82. The molecule has 1 N–H and O–H groups in total. The smallest absolute Gasteiger partial charge is 0.221 e. The van der Waals surface area contributed by atoms with E-state index in [0.717, 1.165) is 41.7 Å².